The summed E-state index contributed by atoms with van der Waals surface area (Å²) in [7, 11) is 1.65. The second-order valence-electron chi connectivity index (χ2n) is 4.78. The van der Waals surface area contributed by atoms with Crippen molar-refractivity contribution < 1.29 is 9.53 Å². The molecule has 1 heterocycles. The van der Waals surface area contributed by atoms with E-state index < -0.39 is 0 Å². The van der Waals surface area contributed by atoms with E-state index in [2.05, 4.69) is 11.8 Å². The highest BCUT2D eigenvalue weighted by molar-refractivity contribution is 8.00. The molecule has 0 aromatic heterocycles. The first-order valence-electron chi connectivity index (χ1n) is 7.00. The Morgan fingerprint density at radius 2 is 1.85 bits per heavy atom. The topological polar surface area (TPSA) is 32.8 Å². The van der Waals surface area contributed by atoms with Crippen LogP contribution in [0.4, 0.5) is 0 Å². The molecular formula is C15H22N2O2S. The lowest BCUT2D eigenvalue weighted by Crippen LogP contribution is -2.49. The third kappa shape index (κ3) is 4.15. The van der Waals surface area contributed by atoms with E-state index in [1.54, 1.807) is 18.9 Å². The zero-order valence-corrected chi connectivity index (χ0v) is 13.0. The van der Waals surface area contributed by atoms with Crippen molar-refractivity contribution >= 4 is 17.7 Å². The number of ether oxygens (including phenoxy) is 1. The number of hydrogen-bond donors (Lipinski definition) is 0. The molecule has 5 heteroatoms. The van der Waals surface area contributed by atoms with Crippen molar-refractivity contribution in [1.29, 1.82) is 0 Å². The summed E-state index contributed by atoms with van der Waals surface area (Å²) >= 11 is 1.59. The van der Waals surface area contributed by atoms with Gasteiger partial charge in [-0.3, -0.25) is 4.79 Å². The van der Waals surface area contributed by atoms with Gasteiger partial charge in [-0.05, 0) is 30.8 Å². The van der Waals surface area contributed by atoms with Gasteiger partial charge in [0.05, 0.1) is 12.9 Å². The molecule has 1 aliphatic rings. The van der Waals surface area contributed by atoms with Crippen molar-refractivity contribution in [3.8, 4) is 5.75 Å². The summed E-state index contributed by atoms with van der Waals surface area (Å²) in [5, 5.41) is 0. The quantitative estimate of drug-likeness (QED) is 0.777. The minimum Gasteiger partial charge on any atom is -0.497 e. The van der Waals surface area contributed by atoms with Crippen LogP contribution in [0.25, 0.3) is 0 Å². The summed E-state index contributed by atoms with van der Waals surface area (Å²) in [5.41, 5.74) is 0. The van der Waals surface area contributed by atoms with Crippen LogP contribution in [-0.2, 0) is 4.79 Å². The van der Waals surface area contributed by atoms with Crippen LogP contribution in [0.15, 0.2) is 29.2 Å². The summed E-state index contributed by atoms with van der Waals surface area (Å²) in [6.45, 7) is 6.94. The maximum absolute atomic E-state index is 12.2. The Balaban J connectivity index is 1.77. The molecule has 1 saturated heterocycles. The SMILES string of the molecule is CCN1CCN(C(=O)CSc2ccc(OC)cc2)CC1. The van der Waals surface area contributed by atoms with Gasteiger partial charge in [0.2, 0.25) is 5.91 Å². The molecule has 1 amide bonds. The van der Waals surface area contributed by atoms with Gasteiger partial charge < -0.3 is 14.5 Å². The van der Waals surface area contributed by atoms with Crippen LogP contribution in [0, 0.1) is 0 Å². The van der Waals surface area contributed by atoms with Gasteiger partial charge in [-0.15, -0.1) is 11.8 Å². The molecule has 1 aromatic carbocycles. The average Bonchev–Trinajstić information content (AvgIpc) is 2.53. The number of piperazine rings is 1. The van der Waals surface area contributed by atoms with Gasteiger partial charge in [-0.25, -0.2) is 0 Å². The van der Waals surface area contributed by atoms with Crippen LogP contribution in [0.1, 0.15) is 6.92 Å². The number of nitrogens with zero attached hydrogens (tertiary/aromatic N) is 2. The van der Waals surface area contributed by atoms with Crippen molar-refractivity contribution in [1.82, 2.24) is 9.80 Å². The maximum Gasteiger partial charge on any atom is 0.233 e. The number of likely N-dealkylation sites (N-methyl/N-ethyl adjacent to an activating group) is 1. The lowest BCUT2D eigenvalue weighted by molar-refractivity contribution is -0.130. The van der Waals surface area contributed by atoms with Gasteiger partial charge in [-0.1, -0.05) is 6.92 Å². The van der Waals surface area contributed by atoms with Gasteiger partial charge >= 0.3 is 0 Å². The first kappa shape index (κ1) is 15.2. The fourth-order valence-corrected chi connectivity index (χ4v) is 3.02. The third-order valence-corrected chi connectivity index (χ3v) is 4.59. The molecule has 110 valence electrons. The number of rotatable bonds is 5. The van der Waals surface area contributed by atoms with E-state index in [1.165, 1.54) is 0 Å². The standard InChI is InChI=1S/C15H22N2O2S/c1-3-16-8-10-17(11-9-16)15(18)12-20-14-6-4-13(19-2)5-7-14/h4-7H,3,8-12H2,1-2H3. The van der Waals surface area contributed by atoms with E-state index in [-0.39, 0.29) is 5.91 Å². The number of methoxy groups -OCH3 is 1. The molecule has 0 N–H and O–H groups in total. The van der Waals surface area contributed by atoms with E-state index in [1.807, 2.05) is 29.2 Å². The van der Waals surface area contributed by atoms with E-state index >= 15 is 0 Å². The Bertz CT molecular complexity index is 428. The van der Waals surface area contributed by atoms with Gasteiger partial charge in [0.15, 0.2) is 0 Å². The first-order valence-corrected chi connectivity index (χ1v) is 7.98. The van der Waals surface area contributed by atoms with E-state index in [0.29, 0.717) is 5.75 Å². The molecule has 1 aromatic rings. The maximum atomic E-state index is 12.2. The van der Waals surface area contributed by atoms with Gasteiger partial charge in [0.1, 0.15) is 5.75 Å². The highest BCUT2D eigenvalue weighted by atomic mass is 32.2. The van der Waals surface area contributed by atoms with Crippen LogP contribution in [0.5, 0.6) is 5.75 Å². The monoisotopic (exact) mass is 294 g/mol. The molecule has 20 heavy (non-hydrogen) atoms. The van der Waals surface area contributed by atoms with Crippen molar-refractivity contribution in [3.05, 3.63) is 24.3 Å². The molecule has 0 spiro atoms. The van der Waals surface area contributed by atoms with Crippen LogP contribution >= 0.6 is 11.8 Å². The van der Waals surface area contributed by atoms with E-state index in [0.717, 1.165) is 43.4 Å². The molecule has 4 nitrogen and oxygen atoms in total. The molecule has 2 rings (SSSR count). The molecule has 0 aliphatic carbocycles. The van der Waals surface area contributed by atoms with Gasteiger partial charge in [0, 0.05) is 31.1 Å². The molecule has 0 radical (unpaired) electrons. The molecular weight excluding hydrogens is 272 g/mol. The van der Waals surface area contributed by atoms with E-state index in [4.69, 9.17) is 4.74 Å². The summed E-state index contributed by atoms with van der Waals surface area (Å²) < 4.78 is 5.12. The van der Waals surface area contributed by atoms with Crippen LogP contribution in [0.2, 0.25) is 0 Å². The fraction of sp³-hybridized carbons (Fsp3) is 0.533. The summed E-state index contributed by atoms with van der Waals surface area (Å²) in [6.07, 6.45) is 0. The molecule has 0 atom stereocenters. The number of carbonyl (C=O) groups excluding carboxylic acids is 1. The number of hydrogen-bond acceptors (Lipinski definition) is 4. The van der Waals surface area contributed by atoms with Crippen molar-refractivity contribution in [3.63, 3.8) is 0 Å². The van der Waals surface area contributed by atoms with Crippen LogP contribution in [-0.4, -0.2) is 61.3 Å². The molecule has 0 saturated carbocycles. The smallest absolute Gasteiger partial charge is 0.233 e. The third-order valence-electron chi connectivity index (χ3n) is 3.59. The fourth-order valence-electron chi connectivity index (χ4n) is 2.22. The molecule has 1 aliphatic heterocycles. The number of thioether (sulfide) groups is 1. The number of benzene rings is 1. The van der Waals surface area contributed by atoms with E-state index in [9.17, 15) is 4.79 Å². The predicted molar refractivity (Wildman–Crippen MR) is 82.4 cm³/mol. The lowest BCUT2D eigenvalue weighted by Gasteiger charge is -2.34. The molecule has 0 bridgehead atoms. The highest BCUT2D eigenvalue weighted by Gasteiger charge is 2.19. The Hall–Kier alpha value is -1.20. The van der Waals surface area contributed by atoms with Crippen molar-refractivity contribution in [2.75, 3.05) is 45.6 Å². The Morgan fingerprint density at radius 3 is 2.40 bits per heavy atom. The minimum absolute atomic E-state index is 0.238. The highest BCUT2D eigenvalue weighted by Crippen LogP contribution is 2.21. The Kier molecular flexibility index (Phi) is 5.73. The summed E-state index contributed by atoms with van der Waals surface area (Å²) in [6, 6.07) is 7.83. The van der Waals surface area contributed by atoms with Crippen molar-refractivity contribution in [2.45, 2.75) is 11.8 Å². The van der Waals surface area contributed by atoms with Crippen LogP contribution < -0.4 is 4.74 Å². The van der Waals surface area contributed by atoms with Gasteiger partial charge in [-0.2, -0.15) is 0 Å². The molecule has 0 unspecified atom stereocenters. The summed E-state index contributed by atoms with van der Waals surface area (Å²) in [4.78, 5) is 17.6. The second kappa shape index (κ2) is 7.55. The minimum atomic E-state index is 0.238. The Labute approximate surface area is 125 Å². The zero-order valence-electron chi connectivity index (χ0n) is 12.2. The molecule has 1 fully saturated rings. The zero-order chi connectivity index (χ0) is 14.4. The van der Waals surface area contributed by atoms with Crippen molar-refractivity contribution in [2.24, 2.45) is 0 Å². The Morgan fingerprint density at radius 1 is 1.20 bits per heavy atom. The number of carbonyl (C=O) groups is 1. The first-order chi connectivity index (χ1) is 9.72. The summed E-state index contributed by atoms with van der Waals surface area (Å²) in [5.74, 6) is 1.59. The average molecular weight is 294 g/mol. The second-order valence-corrected chi connectivity index (χ2v) is 5.83. The normalized spacial score (nSPS) is 16.2. The van der Waals surface area contributed by atoms with Crippen LogP contribution in [0.3, 0.4) is 0 Å². The largest absolute Gasteiger partial charge is 0.497 e. The predicted octanol–water partition coefficient (Wildman–Crippen LogP) is 1.95. The van der Waals surface area contributed by atoms with Gasteiger partial charge in [0.25, 0.3) is 0 Å². The number of amides is 1. The lowest BCUT2D eigenvalue weighted by atomic mass is 10.3.